The summed E-state index contributed by atoms with van der Waals surface area (Å²) >= 11 is 0. The molecule has 2 saturated heterocycles. The lowest BCUT2D eigenvalue weighted by atomic mass is 9.40. The molecular weight excluding hydrogens is 538 g/mol. The molecule has 2 aromatic rings. The highest BCUT2D eigenvalue weighted by Gasteiger charge is 2.86. The van der Waals surface area contributed by atoms with Crippen LogP contribution in [-0.2, 0) is 32.5 Å². The highest BCUT2D eigenvalue weighted by molar-refractivity contribution is 5.92. The molecule has 4 heterocycles. The lowest BCUT2D eigenvalue weighted by Crippen LogP contribution is -2.76. The SMILES string of the molecule is C=C(C)C1OC2CCC3(C)C4(C)c5[nH]c6cc7c(cc6c5CC4CCC3(O)C23OC3C1O)CC1C7=CC(C)(C)OC1(C)C. The van der Waals surface area contributed by atoms with E-state index in [2.05, 4.69) is 71.3 Å². The van der Waals surface area contributed by atoms with Crippen molar-refractivity contribution < 1.29 is 24.4 Å². The van der Waals surface area contributed by atoms with Crippen molar-refractivity contribution in [3.63, 3.8) is 0 Å². The van der Waals surface area contributed by atoms with Crippen LogP contribution in [0.3, 0.4) is 0 Å². The number of rotatable bonds is 1. The summed E-state index contributed by atoms with van der Waals surface area (Å²) in [5.41, 5.74) is 5.81. The van der Waals surface area contributed by atoms with E-state index in [1.807, 2.05) is 6.92 Å². The third-order valence-corrected chi connectivity index (χ3v) is 13.9. The van der Waals surface area contributed by atoms with Crippen molar-refractivity contribution in [2.24, 2.45) is 17.3 Å². The number of H-pyrrole nitrogens is 1. The molecule has 7 aliphatic rings. The Kier molecular flexibility index (Phi) is 4.90. The number of benzene rings is 1. The van der Waals surface area contributed by atoms with E-state index in [1.165, 1.54) is 38.9 Å². The molecule has 0 radical (unpaired) electrons. The summed E-state index contributed by atoms with van der Waals surface area (Å²) in [4.78, 5) is 3.98. The molecular formula is C37H47NO5. The van der Waals surface area contributed by atoms with Crippen molar-refractivity contribution in [2.75, 3.05) is 0 Å². The first-order valence-corrected chi connectivity index (χ1v) is 16.6. The van der Waals surface area contributed by atoms with Crippen molar-refractivity contribution in [1.82, 2.24) is 4.98 Å². The Morgan fingerprint density at radius 2 is 1.81 bits per heavy atom. The van der Waals surface area contributed by atoms with Gasteiger partial charge in [-0.15, -0.1) is 0 Å². The second-order valence-corrected chi connectivity index (χ2v) is 16.8. The maximum Gasteiger partial charge on any atom is 0.153 e. The fraction of sp³-hybridized carbons (Fsp3) is 0.676. The van der Waals surface area contributed by atoms with Gasteiger partial charge in [-0.05, 0) is 125 Å². The number of hydrogen-bond acceptors (Lipinski definition) is 5. The first kappa shape index (κ1) is 27.4. The number of aliphatic hydroxyl groups excluding tert-OH is 1. The molecule has 1 aromatic heterocycles. The molecule has 230 valence electrons. The average molecular weight is 586 g/mol. The van der Waals surface area contributed by atoms with Crippen LogP contribution in [0.4, 0.5) is 0 Å². The molecule has 3 aliphatic heterocycles. The molecule has 4 aliphatic carbocycles. The predicted molar refractivity (Wildman–Crippen MR) is 166 cm³/mol. The maximum absolute atomic E-state index is 13.0. The van der Waals surface area contributed by atoms with E-state index in [1.54, 1.807) is 0 Å². The molecule has 4 fully saturated rings. The van der Waals surface area contributed by atoms with Crippen LogP contribution in [-0.4, -0.2) is 62.0 Å². The molecule has 10 unspecified atom stereocenters. The van der Waals surface area contributed by atoms with Crippen molar-refractivity contribution in [1.29, 1.82) is 0 Å². The molecule has 2 saturated carbocycles. The molecule has 0 bridgehead atoms. The van der Waals surface area contributed by atoms with Gasteiger partial charge >= 0.3 is 0 Å². The minimum Gasteiger partial charge on any atom is -0.387 e. The first-order chi connectivity index (χ1) is 20.1. The van der Waals surface area contributed by atoms with Crippen LogP contribution >= 0.6 is 0 Å². The number of aromatic amines is 1. The van der Waals surface area contributed by atoms with Crippen LogP contribution in [0, 0.1) is 17.3 Å². The summed E-state index contributed by atoms with van der Waals surface area (Å²) in [5, 5.41) is 25.6. The Morgan fingerprint density at radius 1 is 1.05 bits per heavy atom. The summed E-state index contributed by atoms with van der Waals surface area (Å²) in [6.45, 7) is 19.5. The third kappa shape index (κ3) is 2.91. The van der Waals surface area contributed by atoms with Crippen molar-refractivity contribution in [3.8, 4) is 0 Å². The Morgan fingerprint density at radius 3 is 2.56 bits per heavy atom. The van der Waals surface area contributed by atoms with Crippen LogP contribution in [0.5, 0.6) is 0 Å². The first-order valence-electron chi connectivity index (χ1n) is 16.6. The summed E-state index contributed by atoms with van der Waals surface area (Å²) in [5.74, 6) is 0.806. The quantitative estimate of drug-likeness (QED) is 0.286. The van der Waals surface area contributed by atoms with Gasteiger partial charge in [0.25, 0.3) is 0 Å². The van der Waals surface area contributed by atoms with Gasteiger partial charge in [0.05, 0.1) is 17.3 Å². The minimum atomic E-state index is -1.10. The number of aliphatic hydroxyl groups is 2. The normalized spacial score (nSPS) is 47.8. The third-order valence-electron chi connectivity index (χ3n) is 13.9. The largest absolute Gasteiger partial charge is 0.387 e. The minimum absolute atomic E-state index is 0.217. The van der Waals surface area contributed by atoms with Gasteiger partial charge in [0, 0.05) is 33.3 Å². The van der Waals surface area contributed by atoms with Gasteiger partial charge in [-0.3, -0.25) is 0 Å². The van der Waals surface area contributed by atoms with Gasteiger partial charge in [-0.2, -0.15) is 0 Å². The highest BCUT2D eigenvalue weighted by atomic mass is 16.7. The number of epoxide rings is 1. The van der Waals surface area contributed by atoms with Gasteiger partial charge in [-0.25, -0.2) is 0 Å². The van der Waals surface area contributed by atoms with E-state index >= 15 is 0 Å². The van der Waals surface area contributed by atoms with E-state index in [-0.39, 0.29) is 22.7 Å². The molecule has 10 atom stereocenters. The monoisotopic (exact) mass is 585 g/mol. The second kappa shape index (κ2) is 7.70. The fourth-order valence-electron chi connectivity index (χ4n) is 11.8. The Balaban J connectivity index is 1.15. The highest BCUT2D eigenvalue weighted by Crippen LogP contribution is 2.75. The van der Waals surface area contributed by atoms with Gasteiger partial charge in [-0.1, -0.05) is 20.4 Å². The molecule has 1 spiro atoms. The Labute approximate surface area is 254 Å². The summed E-state index contributed by atoms with van der Waals surface area (Å²) in [7, 11) is 0. The second-order valence-electron chi connectivity index (χ2n) is 16.8. The molecule has 1 aromatic carbocycles. The molecule has 6 nitrogen and oxygen atoms in total. The smallest absolute Gasteiger partial charge is 0.153 e. The van der Waals surface area contributed by atoms with Gasteiger partial charge in [0.1, 0.15) is 23.9 Å². The number of ether oxygens (including phenoxy) is 3. The van der Waals surface area contributed by atoms with Crippen molar-refractivity contribution in [2.45, 2.75) is 139 Å². The number of fused-ring (bicyclic) bond motifs is 10. The zero-order valence-electron chi connectivity index (χ0n) is 26.8. The summed E-state index contributed by atoms with van der Waals surface area (Å²) in [6, 6.07) is 4.87. The van der Waals surface area contributed by atoms with Gasteiger partial charge in [0.2, 0.25) is 0 Å². The molecule has 0 amide bonds. The number of hydrogen-bond donors (Lipinski definition) is 3. The number of aromatic nitrogens is 1. The van der Waals surface area contributed by atoms with Crippen LogP contribution in [0.15, 0.2) is 30.4 Å². The maximum atomic E-state index is 13.0. The summed E-state index contributed by atoms with van der Waals surface area (Å²) < 4.78 is 19.5. The lowest BCUT2D eigenvalue weighted by molar-refractivity contribution is -0.265. The topological polar surface area (TPSA) is 87.2 Å². The fourth-order valence-corrected chi connectivity index (χ4v) is 11.8. The molecule has 43 heavy (non-hydrogen) atoms. The Hall–Kier alpha value is -1.96. The van der Waals surface area contributed by atoms with Gasteiger partial charge in [0.15, 0.2) is 5.60 Å². The van der Waals surface area contributed by atoms with Crippen LogP contribution in [0.1, 0.15) is 96.5 Å². The van der Waals surface area contributed by atoms with Crippen LogP contribution in [0.2, 0.25) is 0 Å². The van der Waals surface area contributed by atoms with Crippen molar-refractivity contribution in [3.05, 3.63) is 52.7 Å². The standard InChI is InChI=1S/C37H47NO5/c1-18(2)29-28(39)31-37(42-31)27(41-29)10-11-34(7)35(8)20(9-12-36(34,37)40)15-23-22-13-19-14-25-24(17-32(3,4)43-33(25,5)6)21(19)16-26(22)38-30(23)35/h13,16-17,20,25,27-29,31,38-40H,1,9-12,14-15H2,2-8H3. The van der Waals surface area contributed by atoms with Crippen LogP contribution in [0.25, 0.3) is 16.5 Å². The number of nitrogens with one attached hydrogen (secondary N) is 1. The molecule has 6 heteroatoms. The zero-order chi connectivity index (χ0) is 30.3. The Bertz CT molecular complexity index is 1670. The van der Waals surface area contributed by atoms with E-state index in [0.29, 0.717) is 18.3 Å². The molecule has 3 N–H and O–H groups in total. The average Bonchev–Trinajstić information content (AvgIpc) is 3.33. The van der Waals surface area contributed by atoms with Gasteiger partial charge < -0.3 is 29.4 Å². The van der Waals surface area contributed by atoms with E-state index < -0.39 is 34.9 Å². The molecule has 9 rings (SSSR count). The summed E-state index contributed by atoms with van der Waals surface area (Å²) in [6.07, 6.45) is 5.74. The van der Waals surface area contributed by atoms with Crippen LogP contribution < -0.4 is 0 Å². The predicted octanol–water partition coefficient (Wildman–Crippen LogP) is 5.91. The lowest BCUT2D eigenvalue weighted by Gasteiger charge is -2.66. The van der Waals surface area contributed by atoms with E-state index in [0.717, 1.165) is 37.7 Å². The van der Waals surface area contributed by atoms with E-state index in [4.69, 9.17) is 14.2 Å². The zero-order valence-corrected chi connectivity index (χ0v) is 26.8. The van der Waals surface area contributed by atoms with E-state index in [9.17, 15) is 10.2 Å². The van der Waals surface area contributed by atoms with Crippen molar-refractivity contribution >= 4 is 16.5 Å².